The van der Waals surface area contributed by atoms with Gasteiger partial charge in [-0.3, -0.25) is 14.4 Å². The Morgan fingerprint density at radius 1 is 1.32 bits per heavy atom. The third kappa shape index (κ3) is 3.70. The van der Waals surface area contributed by atoms with E-state index in [-0.39, 0.29) is 18.1 Å². The Kier molecular flexibility index (Phi) is 4.89. The van der Waals surface area contributed by atoms with Crippen LogP contribution in [0.25, 0.3) is 0 Å². The van der Waals surface area contributed by atoms with E-state index >= 15 is 0 Å². The molecule has 1 fully saturated rings. The van der Waals surface area contributed by atoms with Crippen molar-refractivity contribution in [3.05, 3.63) is 35.4 Å². The van der Waals surface area contributed by atoms with E-state index in [1.54, 1.807) is 0 Å². The molecule has 0 bridgehead atoms. The zero-order valence-electron chi connectivity index (χ0n) is 12.0. The summed E-state index contributed by atoms with van der Waals surface area (Å²) in [6.45, 7) is 0. The minimum atomic E-state index is -0.854. The van der Waals surface area contributed by atoms with Gasteiger partial charge in [-0.25, -0.2) is 0 Å². The van der Waals surface area contributed by atoms with Crippen LogP contribution in [0.2, 0.25) is 0 Å². The highest BCUT2D eigenvalue weighted by Gasteiger charge is 2.32. The van der Waals surface area contributed by atoms with Gasteiger partial charge in [0, 0.05) is 18.4 Å². The number of primary amides is 1. The van der Waals surface area contributed by atoms with Crippen LogP contribution in [0.4, 0.5) is 0 Å². The summed E-state index contributed by atoms with van der Waals surface area (Å²) in [5.41, 5.74) is 6.16. The molecule has 1 saturated carbocycles. The molecular weight excluding hydrogens is 282 g/mol. The van der Waals surface area contributed by atoms with Crippen LogP contribution >= 0.6 is 0 Å². The maximum Gasteiger partial charge on any atom is 0.251 e. The van der Waals surface area contributed by atoms with Crippen LogP contribution in [0, 0.1) is 17.2 Å². The molecule has 0 radical (unpaired) electrons. The van der Waals surface area contributed by atoms with Crippen molar-refractivity contribution in [2.24, 2.45) is 11.7 Å². The molecule has 0 spiro atoms. The number of ketones is 1. The van der Waals surface area contributed by atoms with E-state index in [1.165, 1.54) is 24.3 Å². The van der Waals surface area contributed by atoms with Gasteiger partial charge in [-0.1, -0.05) is 0 Å². The van der Waals surface area contributed by atoms with Gasteiger partial charge in [-0.2, -0.15) is 5.26 Å². The number of nitrogens with two attached hydrogens (primary N) is 1. The number of hydrogen-bond acceptors (Lipinski definition) is 4. The second-order valence-electron chi connectivity index (χ2n) is 5.44. The van der Waals surface area contributed by atoms with Crippen molar-refractivity contribution in [1.29, 1.82) is 5.26 Å². The lowest BCUT2D eigenvalue weighted by atomic mass is 9.82. The first-order valence-electron chi connectivity index (χ1n) is 7.13. The predicted molar refractivity (Wildman–Crippen MR) is 78.6 cm³/mol. The van der Waals surface area contributed by atoms with Gasteiger partial charge in [0.05, 0.1) is 11.6 Å². The largest absolute Gasteiger partial charge is 0.368 e. The lowest BCUT2D eigenvalue weighted by molar-refractivity contribution is -0.124. The van der Waals surface area contributed by atoms with Gasteiger partial charge >= 0.3 is 0 Å². The number of Topliss-reactive ketones (excluding diaryl/α,β-unsaturated/α-hetero) is 1. The first-order valence-corrected chi connectivity index (χ1v) is 7.13. The Hall–Kier alpha value is -2.68. The van der Waals surface area contributed by atoms with Crippen molar-refractivity contribution in [3.8, 4) is 6.07 Å². The van der Waals surface area contributed by atoms with Gasteiger partial charge < -0.3 is 11.1 Å². The third-order valence-corrected chi connectivity index (χ3v) is 3.86. The first-order chi connectivity index (χ1) is 10.5. The van der Waals surface area contributed by atoms with Gasteiger partial charge in [0.1, 0.15) is 11.8 Å². The van der Waals surface area contributed by atoms with Crippen LogP contribution in [0.1, 0.15) is 41.6 Å². The number of benzene rings is 1. The Morgan fingerprint density at radius 2 is 2.00 bits per heavy atom. The summed E-state index contributed by atoms with van der Waals surface area (Å²) < 4.78 is 0. The number of nitrogens with one attached hydrogen (secondary N) is 1. The number of hydrogen-bond donors (Lipinski definition) is 2. The minimum Gasteiger partial charge on any atom is -0.368 e. The second kappa shape index (κ2) is 6.85. The normalized spacial score (nSPS) is 19.0. The number of carbonyl (C=O) groups is 3. The zero-order chi connectivity index (χ0) is 16.1. The molecule has 3 N–H and O–H groups in total. The fourth-order valence-corrected chi connectivity index (χ4v) is 2.68. The standard InChI is InChI=1S/C16H17N3O3/c17-9-10-4-6-11(7-5-10)16(22)19-14(15(18)21)12-2-1-3-13(20)8-12/h4-7,12,14H,1-3,8H2,(H2,18,21)(H,19,22)/t12-,14-/m0/s1. The van der Waals surface area contributed by atoms with E-state index in [4.69, 9.17) is 11.0 Å². The zero-order valence-corrected chi connectivity index (χ0v) is 12.0. The maximum atomic E-state index is 12.2. The van der Waals surface area contributed by atoms with Crippen LogP contribution in [0.5, 0.6) is 0 Å². The Balaban J connectivity index is 2.09. The molecular formula is C16H17N3O3. The molecule has 1 aromatic carbocycles. The fourth-order valence-electron chi connectivity index (χ4n) is 2.68. The van der Waals surface area contributed by atoms with Crippen LogP contribution in [0.3, 0.4) is 0 Å². The predicted octanol–water partition coefficient (Wildman–Crippen LogP) is 0.901. The monoisotopic (exact) mass is 299 g/mol. The van der Waals surface area contributed by atoms with E-state index in [1.807, 2.05) is 6.07 Å². The average Bonchev–Trinajstić information content (AvgIpc) is 2.52. The van der Waals surface area contributed by atoms with E-state index in [2.05, 4.69) is 5.32 Å². The fraction of sp³-hybridized carbons (Fsp3) is 0.375. The molecule has 0 aliphatic heterocycles. The molecule has 6 nitrogen and oxygen atoms in total. The molecule has 0 saturated heterocycles. The van der Waals surface area contributed by atoms with Crippen molar-refractivity contribution >= 4 is 17.6 Å². The van der Waals surface area contributed by atoms with Crippen molar-refractivity contribution in [2.75, 3.05) is 0 Å². The van der Waals surface area contributed by atoms with Crippen LogP contribution in [0.15, 0.2) is 24.3 Å². The van der Waals surface area contributed by atoms with E-state index in [0.717, 1.165) is 0 Å². The molecule has 0 aromatic heterocycles. The molecule has 0 unspecified atom stereocenters. The summed E-state index contributed by atoms with van der Waals surface area (Å²) in [5, 5.41) is 11.3. The first kappa shape index (κ1) is 15.7. The molecule has 114 valence electrons. The van der Waals surface area contributed by atoms with Gasteiger partial charge in [0.2, 0.25) is 5.91 Å². The summed E-state index contributed by atoms with van der Waals surface area (Å²) >= 11 is 0. The number of nitrogens with zero attached hydrogens (tertiary/aromatic N) is 1. The van der Waals surface area contributed by atoms with Gasteiger partial charge in [0.25, 0.3) is 5.91 Å². The quantitative estimate of drug-likeness (QED) is 0.859. The Bertz CT molecular complexity index is 631. The highest BCUT2D eigenvalue weighted by Crippen LogP contribution is 2.24. The van der Waals surface area contributed by atoms with E-state index in [9.17, 15) is 14.4 Å². The number of rotatable bonds is 4. The van der Waals surface area contributed by atoms with Crippen LogP contribution < -0.4 is 11.1 Å². The molecule has 1 aliphatic rings. The number of amides is 2. The SMILES string of the molecule is N#Cc1ccc(C(=O)N[C@H](C(N)=O)[C@H]2CCCC(=O)C2)cc1. The van der Waals surface area contributed by atoms with Gasteiger partial charge in [-0.15, -0.1) is 0 Å². The topological polar surface area (TPSA) is 113 Å². The molecule has 6 heteroatoms. The molecule has 2 amide bonds. The van der Waals surface area contributed by atoms with E-state index < -0.39 is 17.9 Å². The summed E-state index contributed by atoms with van der Waals surface area (Å²) in [6, 6.07) is 7.19. The lowest BCUT2D eigenvalue weighted by Crippen LogP contribution is -2.50. The average molecular weight is 299 g/mol. The summed E-state index contributed by atoms with van der Waals surface area (Å²) in [4.78, 5) is 35.4. The molecule has 1 aliphatic carbocycles. The van der Waals surface area contributed by atoms with Crippen LogP contribution in [-0.4, -0.2) is 23.6 Å². The molecule has 22 heavy (non-hydrogen) atoms. The van der Waals surface area contributed by atoms with Crippen molar-refractivity contribution < 1.29 is 14.4 Å². The van der Waals surface area contributed by atoms with Crippen molar-refractivity contribution in [3.63, 3.8) is 0 Å². The molecule has 1 aromatic rings. The smallest absolute Gasteiger partial charge is 0.251 e. The van der Waals surface area contributed by atoms with E-state index in [0.29, 0.717) is 30.4 Å². The minimum absolute atomic E-state index is 0.0927. The lowest BCUT2D eigenvalue weighted by Gasteiger charge is -2.28. The van der Waals surface area contributed by atoms with Crippen molar-refractivity contribution in [1.82, 2.24) is 5.32 Å². The van der Waals surface area contributed by atoms with Gasteiger partial charge in [-0.05, 0) is 43.0 Å². The Morgan fingerprint density at radius 3 is 2.55 bits per heavy atom. The van der Waals surface area contributed by atoms with Crippen LogP contribution in [-0.2, 0) is 9.59 Å². The summed E-state index contributed by atoms with van der Waals surface area (Å²) in [7, 11) is 0. The second-order valence-corrected chi connectivity index (χ2v) is 5.44. The summed E-state index contributed by atoms with van der Waals surface area (Å²) in [5.74, 6) is -1.23. The Labute approximate surface area is 128 Å². The third-order valence-electron chi connectivity index (χ3n) is 3.86. The molecule has 0 heterocycles. The highest BCUT2D eigenvalue weighted by molar-refractivity contribution is 5.97. The summed E-state index contributed by atoms with van der Waals surface area (Å²) in [6.07, 6.45) is 2.18. The maximum absolute atomic E-state index is 12.2. The highest BCUT2D eigenvalue weighted by atomic mass is 16.2. The molecule has 2 atom stereocenters. The number of nitriles is 1. The number of carbonyl (C=O) groups excluding carboxylic acids is 3. The van der Waals surface area contributed by atoms with Crippen molar-refractivity contribution in [2.45, 2.75) is 31.7 Å². The van der Waals surface area contributed by atoms with Gasteiger partial charge in [0.15, 0.2) is 0 Å². The molecule has 2 rings (SSSR count).